The number of rotatable bonds is 8. The topological polar surface area (TPSA) is 126 Å². The molecule has 0 fully saturated rings. The van der Waals surface area contributed by atoms with Gasteiger partial charge in [-0.1, -0.05) is 23.7 Å². The number of benzene rings is 3. The second-order valence-electron chi connectivity index (χ2n) is 7.17. The Balaban J connectivity index is 1.77. The second-order valence-corrected chi connectivity index (χ2v) is 7.60. The van der Waals surface area contributed by atoms with Crippen molar-refractivity contribution in [1.82, 2.24) is 0 Å². The van der Waals surface area contributed by atoms with E-state index in [4.69, 9.17) is 21.4 Å². The molecule has 0 aromatic heterocycles. The molecule has 2 N–H and O–H groups in total. The van der Waals surface area contributed by atoms with Gasteiger partial charge < -0.3 is 19.9 Å². The second kappa shape index (κ2) is 11.5. The average molecular weight is 491 g/mol. The number of nitrogens with zero attached hydrogens (tertiary/aromatic N) is 1. The Kier molecular flexibility index (Phi) is 8.22. The van der Waals surface area contributed by atoms with Crippen LogP contribution in [-0.2, 0) is 16.1 Å². The van der Waals surface area contributed by atoms with Gasteiger partial charge in [0.05, 0.1) is 18.2 Å². The van der Waals surface area contributed by atoms with Crippen molar-refractivity contribution in [2.75, 3.05) is 12.4 Å². The van der Waals surface area contributed by atoms with E-state index in [0.29, 0.717) is 27.6 Å². The number of amides is 1. The first-order chi connectivity index (χ1) is 16.8. The summed E-state index contributed by atoms with van der Waals surface area (Å²) in [6, 6.07) is 18.9. The number of carbonyl (C=O) groups excluding carboxylic acids is 2. The number of esters is 1. The molecule has 8 nitrogen and oxygen atoms in total. The normalized spacial score (nSPS) is 10.7. The molecule has 35 heavy (non-hydrogen) atoms. The fourth-order valence-corrected chi connectivity index (χ4v) is 3.16. The summed E-state index contributed by atoms with van der Waals surface area (Å²) in [4.78, 5) is 35.2. The van der Waals surface area contributed by atoms with Crippen LogP contribution in [0.25, 0.3) is 6.08 Å². The zero-order valence-electron chi connectivity index (χ0n) is 18.4. The molecule has 0 unspecified atom stereocenters. The first-order valence-electron chi connectivity index (χ1n) is 10.2. The highest BCUT2D eigenvalue weighted by molar-refractivity contribution is 6.30. The van der Waals surface area contributed by atoms with E-state index in [9.17, 15) is 19.6 Å². The lowest BCUT2D eigenvalue weighted by Crippen LogP contribution is -2.13. The van der Waals surface area contributed by atoms with Gasteiger partial charge in [-0.25, -0.2) is 9.59 Å². The van der Waals surface area contributed by atoms with Crippen LogP contribution in [0.15, 0.2) is 72.3 Å². The first kappa shape index (κ1) is 25.0. The monoisotopic (exact) mass is 490 g/mol. The van der Waals surface area contributed by atoms with E-state index in [1.807, 2.05) is 6.07 Å². The van der Waals surface area contributed by atoms with Crippen molar-refractivity contribution in [3.05, 3.63) is 99.6 Å². The van der Waals surface area contributed by atoms with Crippen molar-refractivity contribution in [1.29, 1.82) is 5.26 Å². The van der Waals surface area contributed by atoms with Crippen molar-refractivity contribution in [2.24, 2.45) is 0 Å². The minimum atomic E-state index is -1.02. The van der Waals surface area contributed by atoms with Crippen LogP contribution in [-0.4, -0.2) is 30.1 Å². The molecule has 0 heterocycles. The number of nitriles is 1. The van der Waals surface area contributed by atoms with Crippen LogP contribution in [0.1, 0.15) is 31.8 Å². The molecule has 0 aliphatic carbocycles. The summed E-state index contributed by atoms with van der Waals surface area (Å²) in [7, 11) is 1.27. The molecular weight excluding hydrogens is 472 g/mol. The number of hydrogen-bond donors (Lipinski definition) is 2. The van der Waals surface area contributed by atoms with Gasteiger partial charge in [-0.15, -0.1) is 0 Å². The molecule has 0 bridgehead atoms. The summed E-state index contributed by atoms with van der Waals surface area (Å²) < 4.78 is 10.5. The smallest absolute Gasteiger partial charge is 0.337 e. The highest BCUT2D eigenvalue weighted by Crippen LogP contribution is 2.26. The minimum Gasteiger partial charge on any atom is -0.488 e. The fourth-order valence-electron chi connectivity index (χ4n) is 2.98. The maximum absolute atomic E-state index is 12.7. The quantitative estimate of drug-likeness (QED) is 0.260. The van der Waals surface area contributed by atoms with Crippen LogP contribution in [0.3, 0.4) is 0 Å². The van der Waals surface area contributed by atoms with Crippen molar-refractivity contribution in [3.8, 4) is 11.8 Å². The van der Waals surface area contributed by atoms with Crippen molar-refractivity contribution < 1.29 is 29.0 Å². The lowest BCUT2D eigenvalue weighted by molar-refractivity contribution is -0.112. The number of anilines is 1. The number of ether oxygens (including phenoxy) is 2. The molecule has 3 aromatic carbocycles. The van der Waals surface area contributed by atoms with E-state index < -0.39 is 17.8 Å². The van der Waals surface area contributed by atoms with Gasteiger partial charge in [-0.05, 0) is 66.2 Å². The molecule has 0 spiro atoms. The van der Waals surface area contributed by atoms with E-state index in [1.54, 1.807) is 30.3 Å². The van der Waals surface area contributed by atoms with Crippen molar-refractivity contribution >= 4 is 41.2 Å². The number of methoxy groups -OCH3 is 1. The summed E-state index contributed by atoms with van der Waals surface area (Å²) in [6.45, 7) is 0.128. The van der Waals surface area contributed by atoms with Crippen LogP contribution in [0.4, 0.5) is 5.69 Å². The van der Waals surface area contributed by atoms with E-state index in [-0.39, 0.29) is 17.7 Å². The number of carboxylic acids is 1. The molecule has 0 atom stereocenters. The molecule has 0 saturated carbocycles. The van der Waals surface area contributed by atoms with E-state index in [2.05, 4.69) is 10.1 Å². The number of halogens is 1. The third kappa shape index (κ3) is 6.69. The van der Waals surface area contributed by atoms with Gasteiger partial charge in [0, 0.05) is 16.3 Å². The lowest BCUT2D eigenvalue weighted by atomic mass is 10.1. The fraction of sp³-hybridized carbons (Fsp3) is 0.0769. The first-order valence-corrected chi connectivity index (χ1v) is 10.5. The highest BCUT2D eigenvalue weighted by atomic mass is 35.5. The standard InChI is InChI=1S/C26H19ClN2O6/c1-34-26(33)18-6-9-22(10-7-18)29-24(30)20(14-28)12-19-13-21(27)8-11-23(19)35-15-16-2-4-17(5-3-16)25(31)32/h2-13H,15H2,1H3,(H,29,30)(H,31,32). The van der Waals surface area contributed by atoms with Crippen LogP contribution >= 0.6 is 11.6 Å². The molecule has 3 rings (SSSR count). The summed E-state index contributed by atoms with van der Waals surface area (Å²) in [5.41, 5.74) is 1.81. The highest BCUT2D eigenvalue weighted by Gasteiger charge is 2.13. The Morgan fingerprint density at radius 2 is 1.69 bits per heavy atom. The summed E-state index contributed by atoms with van der Waals surface area (Å²) in [5, 5.41) is 21.5. The number of aromatic carboxylic acids is 1. The van der Waals surface area contributed by atoms with Gasteiger partial charge in [-0.2, -0.15) is 5.26 Å². The summed E-state index contributed by atoms with van der Waals surface area (Å²) in [5.74, 6) is -1.82. The maximum Gasteiger partial charge on any atom is 0.337 e. The number of nitrogens with one attached hydrogen (secondary N) is 1. The third-order valence-corrected chi connectivity index (χ3v) is 5.03. The zero-order chi connectivity index (χ0) is 25.4. The molecule has 176 valence electrons. The van der Waals surface area contributed by atoms with Gasteiger partial charge in [0.25, 0.3) is 5.91 Å². The Labute approximate surface area is 206 Å². The molecule has 1 amide bonds. The Morgan fingerprint density at radius 1 is 1.03 bits per heavy atom. The van der Waals surface area contributed by atoms with E-state index in [1.165, 1.54) is 49.6 Å². The summed E-state index contributed by atoms with van der Waals surface area (Å²) >= 11 is 6.11. The third-order valence-electron chi connectivity index (χ3n) is 4.80. The SMILES string of the molecule is COC(=O)c1ccc(NC(=O)C(C#N)=Cc2cc(Cl)ccc2OCc2ccc(C(=O)O)cc2)cc1. The zero-order valence-corrected chi connectivity index (χ0v) is 19.2. The summed E-state index contributed by atoms with van der Waals surface area (Å²) in [6.07, 6.45) is 1.35. The van der Waals surface area contributed by atoms with E-state index >= 15 is 0 Å². The minimum absolute atomic E-state index is 0.128. The van der Waals surface area contributed by atoms with Crippen LogP contribution in [0, 0.1) is 11.3 Å². The Bertz CT molecular complexity index is 1330. The average Bonchev–Trinajstić information content (AvgIpc) is 2.86. The van der Waals surface area contributed by atoms with Gasteiger partial charge in [0.15, 0.2) is 0 Å². The van der Waals surface area contributed by atoms with Gasteiger partial charge >= 0.3 is 11.9 Å². The largest absolute Gasteiger partial charge is 0.488 e. The predicted molar refractivity (Wildman–Crippen MR) is 129 cm³/mol. The molecule has 9 heteroatoms. The van der Waals surface area contributed by atoms with Gasteiger partial charge in [0.2, 0.25) is 0 Å². The Morgan fingerprint density at radius 3 is 2.29 bits per heavy atom. The molecule has 0 aliphatic heterocycles. The van der Waals surface area contributed by atoms with E-state index in [0.717, 1.165) is 5.56 Å². The number of carbonyl (C=O) groups is 3. The number of hydrogen-bond acceptors (Lipinski definition) is 6. The van der Waals surface area contributed by atoms with Crippen LogP contribution < -0.4 is 10.1 Å². The lowest BCUT2D eigenvalue weighted by Gasteiger charge is -2.11. The number of carboxylic acid groups (broad SMARTS) is 1. The Hall–Kier alpha value is -4.61. The van der Waals surface area contributed by atoms with Crippen molar-refractivity contribution in [2.45, 2.75) is 6.61 Å². The van der Waals surface area contributed by atoms with Crippen molar-refractivity contribution in [3.63, 3.8) is 0 Å². The maximum atomic E-state index is 12.7. The molecule has 3 aromatic rings. The molecule has 0 saturated heterocycles. The van der Waals surface area contributed by atoms with Crippen LogP contribution in [0.5, 0.6) is 5.75 Å². The molecular formula is C26H19ClN2O6. The molecule has 0 radical (unpaired) electrons. The van der Waals surface area contributed by atoms with Gasteiger partial charge in [-0.3, -0.25) is 4.79 Å². The van der Waals surface area contributed by atoms with Gasteiger partial charge in [0.1, 0.15) is 24.0 Å². The predicted octanol–water partition coefficient (Wildman–Crippen LogP) is 4.95. The molecule has 0 aliphatic rings. The van der Waals surface area contributed by atoms with Crippen LogP contribution in [0.2, 0.25) is 5.02 Å².